The highest BCUT2D eigenvalue weighted by molar-refractivity contribution is 5.40. The lowest BCUT2D eigenvalue weighted by Crippen LogP contribution is -2.05. The van der Waals surface area contributed by atoms with Gasteiger partial charge in [0.1, 0.15) is 11.9 Å². The van der Waals surface area contributed by atoms with Gasteiger partial charge >= 0.3 is 0 Å². The molecule has 1 aliphatic heterocycles. The van der Waals surface area contributed by atoms with Crippen LogP contribution in [0.3, 0.4) is 0 Å². The molecule has 1 aromatic rings. The predicted octanol–water partition coefficient (Wildman–Crippen LogP) is 1.50. The van der Waals surface area contributed by atoms with E-state index < -0.39 is 0 Å². The average molecular weight is 164 g/mol. The molecule has 0 amide bonds. The first-order valence-corrected chi connectivity index (χ1v) is 4.19. The zero-order valence-electron chi connectivity index (χ0n) is 7.08. The highest BCUT2D eigenvalue weighted by Gasteiger charge is 2.18. The summed E-state index contributed by atoms with van der Waals surface area (Å²) in [6.07, 6.45) is 1.25. The summed E-state index contributed by atoms with van der Waals surface area (Å²) in [6.45, 7) is 2.17. The fraction of sp³-hybridized carbons (Fsp3) is 0.400. The number of fused-ring (bicyclic) bond motifs is 1. The van der Waals surface area contributed by atoms with Crippen molar-refractivity contribution in [2.75, 3.05) is 0 Å². The standard InChI is InChI=1S/C10H12O2/c1-7-4-9-5-8(6-11)2-3-10(9)12-7/h2-3,5,7,11H,4,6H2,1H3. The number of ether oxygens (including phenoxy) is 1. The van der Waals surface area contributed by atoms with Gasteiger partial charge in [-0.25, -0.2) is 0 Å². The second-order valence-electron chi connectivity index (χ2n) is 3.23. The van der Waals surface area contributed by atoms with Crippen LogP contribution < -0.4 is 4.74 Å². The van der Waals surface area contributed by atoms with E-state index in [1.165, 1.54) is 5.56 Å². The van der Waals surface area contributed by atoms with Crippen LogP contribution in [0.2, 0.25) is 0 Å². The lowest BCUT2D eigenvalue weighted by molar-refractivity contribution is 0.254. The maximum Gasteiger partial charge on any atom is 0.123 e. The largest absolute Gasteiger partial charge is 0.490 e. The molecule has 0 aliphatic carbocycles. The first-order valence-electron chi connectivity index (χ1n) is 4.19. The fourth-order valence-electron chi connectivity index (χ4n) is 1.57. The molecule has 0 saturated heterocycles. The van der Waals surface area contributed by atoms with Gasteiger partial charge in [-0.2, -0.15) is 0 Å². The molecule has 1 aromatic carbocycles. The molecular weight excluding hydrogens is 152 g/mol. The van der Waals surface area contributed by atoms with Crippen molar-refractivity contribution in [3.8, 4) is 5.75 Å². The Morgan fingerprint density at radius 2 is 2.42 bits per heavy atom. The van der Waals surface area contributed by atoms with Gasteiger partial charge in [-0.1, -0.05) is 6.07 Å². The van der Waals surface area contributed by atoms with E-state index in [0.717, 1.165) is 17.7 Å². The van der Waals surface area contributed by atoms with Gasteiger partial charge in [-0.05, 0) is 30.2 Å². The first-order chi connectivity index (χ1) is 5.79. The highest BCUT2D eigenvalue weighted by Crippen LogP contribution is 2.29. The van der Waals surface area contributed by atoms with Crippen LogP contribution in [0.4, 0.5) is 0 Å². The van der Waals surface area contributed by atoms with Crippen LogP contribution in [0.5, 0.6) is 5.75 Å². The second kappa shape index (κ2) is 2.79. The summed E-state index contributed by atoms with van der Waals surface area (Å²) in [4.78, 5) is 0. The van der Waals surface area contributed by atoms with Crippen molar-refractivity contribution in [2.24, 2.45) is 0 Å². The third kappa shape index (κ3) is 1.18. The summed E-state index contributed by atoms with van der Waals surface area (Å²) in [6, 6.07) is 5.85. The Morgan fingerprint density at radius 1 is 1.58 bits per heavy atom. The van der Waals surface area contributed by atoms with E-state index in [2.05, 4.69) is 6.92 Å². The smallest absolute Gasteiger partial charge is 0.123 e. The van der Waals surface area contributed by atoms with Gasteiger partial charge in [-0.15, -0.1) is 0 Å². The van der Waals surface area contributed by atoms with Crippen molar-refractivity contribution >= 4 is 0 Å². The number of hydrogen-bond donors (Lipinski definition) is 1. The van der Waals surface area contributed by atoms with Crippen molar-refractivity contribution in [1.82, 2.24) is 0 Å². The van der Waals surface area contributed by atoms with Crippen LogP contribution in [0.15, 0.2) is 18.2 Å². The second-order valence-corrected chi connectivity index (χ2v) is 3.23. The molecule has 2 heteroatoms. The van der Waals surface area contributed by atoms with E-state index in [4.69, 9.17) is 9.84 Å². The molecule has 1 heterocycles. The Balaban J connectivity index is 2.35. The molecule has 1 atom stereocenters. The van der Waals surface area contributed by atoms with E-state index >= 15 is 0 Å². The lowest BCUT2D eigenvalue weighted by Gasteiger charge is -2.02. The average Bonchev–Trinajstić information content (AvgIpc) is 2.43. The van der Waals surface area contributed by atoms with Gasteiger partial charge in [0.05, 0.1) is 6.61 Å². The first kappa shape index (κ1) is 7.62. The number of aliphatic hydroxyl groups excluding tert-OH is 1. The van der Waals surface area contributed by atoms with Crippen LogP contribution >= 0.6 is 0 Å². The molecule has 0 fully saturated rings. The Bertz CT molecular complexity index is 294. The number of rotatable bonds is 1. The fourth-order valence-corrected chi connectivity index (χ4v) is 1.57. The van der Waals surface area contributed by atoms with Crippen LogP contribution in [-0.2, 0) is 13.0 Å². The van der Waals surface area contributed by atoms with Gasteiger partial charge in [0.25, 0.3) is 0 Å². The monoisotopic (exact) mass is 164 g/mol. The predicted molar refractivity (Wildman–Crippen MR) is 46.2 cm³/mol. The Morgan fingerprint density at radius 3 is 3.17 bits per heavy atom. The van der Waals surface area contributed by atoms with Crippen molar-refractivity contribution in [3.05, 3.63) is 29.3 Å². The maximum atomic E-state index is 8.89. The molecule has 0 spiro atoms. The molecule has 64 valence electrons. The van der Waals surface area contributed by atoms with E-state index in [-0.39, 0.29) is 12.7 Å². The molecule has 1 N–H and O–H groups in total. The van der Waals surface area contributed by atoms with Gasteiger partial charge in [-0.3, -0.25) is 0 Å². The van der Waals surface area contributed by atoms with E-state index in [0.29, 0.717) is 0 Å². The number of hydrogen-bond acceptors (Lipinski definition) is 2. The minimum Gasteiger partial charge on any atom is -0.490 e. The zero-order chi connectivity index (χ0) is 8.55. The van der Waals surface area contributed by atoms with Crippen molar-refractivity contribution < 1.29 is 9.84 Å². The Hall–Kier alpha value is -1.02. The Labute approximate surface area is 71.8 Å². The topological polar surface area (TPSA) is 29.5 Å². The zero-order valence-corrected chi connectivity index (χ0v) is 7.08. The third-order valence-electron chi connectivity index (χ3n) is 2.14. The molecule has 0 bridgehead atoms. The summed E-state index contributed by atoms with van der Waals surface area (Å²) in [5, 5.41) is 8.89. The van der Waals surface area contributed by atoms with Crippen LogP contribution in [0, 0.1) is 0 Å². The van der Waals surface area contributed by atoms with E-state index in [1.54, 1.807) is 0 Å². The van der Waals surface area contributed by atoms with E-state index in [1.807, 2.05) is 18.2 Å². The summed E-state index contributed by atoms with van der Waals surface area (Å²) in [5.41, 5.74) is 2.18. The summed E-state index contributed by atoms with van der Waals surface area (Å²) < 4.78 is 5.52. The highest BCUT2D eigenvalue weighted by atomic mass is 16.5. The number of aliphatic hydroxyl groups is 1. The van der Waals surface area contributed by atoms with Gasteiger partial charge in [0, 0.05) is 6.42 Å². The molecule has 2 rings (SSSR count). The molecular formula is C10H12O2. The lowest BCUT2D eigenvalue weighted by atomic mass is 10.1. The van der Waals surface area contributed by atoms with Crippen molar-refractivity contribution in [2.45, 2.75) is 26.1 Å². The molecule has 0 saturated carbocycles. The quantitative estimate of drug-likeness (QED) is 0.681. The molecule has 0 aromatic heterocycles. The minimum absolute atomic E-state index is 0.113. The maximum absolute atomic E-state index is 8.89. The summed E-state index contributed by atoms with van der Waals surface area (Å²) in [7, 11) is 0. The number of benzene rings is 1. The third-order valence-corrected chi connectivity index (χ3v) is 2.14. The van der Waals surface area contributed by atoms with Crippen molar-refractivity contribution in [3.63, 3.8) is 0 Å². The molecule has 2 nitrogen and oxygen atoms in total. The SMILES string of the molecule is CC1Cc2cc(CO)ccc2O1. The normalized spacial score (nSPS) is 20.3. The molecule has 1 aliphatic rings. The summed E-state index contributed by atoms with van der Waals surface area (Å²) >= 11 is 0. The van der Waals surface area contributed by atoms with Crippen LogP contribution in [0.25, 0.3) is 0 Å². The van der Waals surface area contributed by atoms with Crippen LogP contribution in [-0.4, -0.2) is 11.2 Å². The molecule has 0 radical (unpaired) electrons. The van der Waals surface area contributed by atoms with Gasteiger partial charge in [0.2, 0.25) is 0 Å². The molecule has 1 unspecified atom stereocenters. The van der Waals surface area contributed by atoms with Gasteiger partial charge < -0.3 is 9.84 Å². The molecule has 12 heavy (non-hydrogen) atoms. The summed E-state index contributed by atoms with van der Waals surface area (Å²) in [5.74, 6) is 0.972. The van der Waals surface area contributed by atoms with Gasteiger partial charge in [0.15, 0.2) is 0 Å². The Kier molecular flexibility index (Phi) is 1.77. The van der Waals surface area contributed by atoms with Crippen LogP contribution in [0.1, 0.15) is 18.1 Å². The minimum atomic E-state index is 0.113. The van der Waals surface area contributed by atoms with E-state index in [9.17, 15) is 0 Å². The van der Waals surface area contributed by atoms with Crippen molar-refractivity contribution in [1.29, 1.82) is 0 Å².